The van der Waals surface area contributed by atoms with Gasteiger partial charge in [-0.25, -0.2) is 4.39 Å². The maximum atomic E-state index is 14.0. The highest BCUT2D eigenvalue weighted by Crippen LogP contribution is 2.43. The van der Waals surface area contributed by atoms with Crippen LogP contribution in [0, 0.1) is 26.0 Å². The van der Waals surface area contributed by atoms with Crippen molar-refractivity contribution >= 4 is 16.5 Å². The highest BCUT2D eigenvalue weighted by Gasteiger charge is 2.72. The van der Waals surface area contributed by atoms with Gasteiger partial charge in [0.15, 0.2) is 0 Å². The molecule has 0 amide bonds. The number of benzene rings is 2. The lowest BCUT2D eigenvalue weighted by Crippen LogP contribution is -2.63. The van der Waals surface area contributed by atoms with Gasteiger partial charge in [0, 0.05) is 33.5 Å². The molecule has 0 saturated carbocycles. The predicted molar refractivity (Wildman–Crippen MR) is 91.3 cm³/mol. The summed E-state index contributed by atoms with van der Waals surface area (Å²) in [5, 5.41) is 25.3. The van der Waals surface area contributed by atoms with Crippen LogP contribution in [-0.4, -0.2) is 27.6 Å². The zero-order valence-corrected chi connectivity index (χ0v) is 13.8. The number of anilines is 1. The van der Waals surface area contributed by atoms with Gasteiger partial charge < -0.3 is 5.32 Å². The number of halogens is 4. The standard InChI is InChI=1S/C17H11F4N3O4/c18-12-7-8-13(11-5-2-1-4-10(11)12)22-15-14(23(25)26)6-3-9-16(15,24(27)28)17(19,20)21/h1-9,15,22H. The molecule has 1 N–H and O–H groups in total. The normalized spacial score (nSPS) is 22.0. The second-order valence-electron chi connectivity index (χ2n) is 6.01. The first-order valence-electron chi connectivity index (χ1n) is 7.78. The van der Waals surface area contributed by atoms with Crippen molar-refractivity contribution in [2.75, 3.05) is 5.32 Å². The number of nitro groups is 2. The third-order valence-electron chi connectivity index (χ3n) is 4.49. The van der Waals surface area contributed by atoms with Gasteiger partial charge in [-0.1, -0.05) is 30.3 Å². The fourth-order valence-corrected chi connectivity index (χ4v) is 3.13. The van der Waals surface area contributed by atoms with E-state index in [1.54, 1.807) is 0 Å². The smallest absolute Gasteiger partial charge is 0.366 e. The van der Waals surface area contributed by atoms with Gasteiger partial charge in [-0.2, -0.15) is 13.2 Å². The molecule has 2 aromatic carbocycles. The maximum absolute atomic E-state index is 14.0. The van der Waals surface area contributed by atoms with Crippen LogP contribution in [0.5, 0.6) is 0 Å². The van der Waals surface area contributed by atoms with Crippen molar-refractivity contribution in [1.82, 2.24) is 0 Å². The summed E-state index contributed by atoms with van der Waals surface area (Å²) in [6.45, 7) is 0. The van der Waals surface area contributed by atoms with Gasteiger partial charge in [-0.05, 0) is 12.1 Å². The van der Waals surface area contributed by atoms with Gasteiger partial charge in [-0.15, -0.1) is 0 Å². The number of allylic oxidation sites excluding steroid dienone is 2. The minimum absolute atomic E-state index is 0.0456. The first-order chi connectivity index (χ1) is 13.1. The molecule has 0 heterocycles. The molecule has 1 aliphatic carbocycles. The van der Waals surface area contributed by atoms with Gasteiger partial charge in [0.25, 0.3) is 5.70 Å². The monoisotopic (exact) mass is 397 g/mol. The average molecular weight is 397 g/mol. The molecule has 0 radical (unpaired) electrons. The van der Waals surface area contributed by atoms with Crippen LogP contribution < -0.4 is 5.32 Å². The van der Waals surface area contributed by atoms with Gasteiger partial charge >= 0.3 is 11.7 Å². The zero-order valence-electron chi connectivity index (χ0n) is 13.8. The largest absolute Gasteiger partial charge is 0.467 e. The Morgan fingerprint density at radius 1 is 1.04 bits per heavy atom. The highest BCUT2D eigenvalue weighted by atomic mass is 19.4. The van der Waals surface area contributed by atoms with E-state index in [1.807, 2.05) is 0 Å². The molecule has 11 heteroatoms. The Morgan fingerprint density at radius 2 is 1.68 bits per heavy atom. The lowest BCUT2D eigenvalue weighted by molar-refractivity contribution is -0.604. The second-order valence-corrected chi connectivity index (χ2v) is 6.01. The summed E-state index contributed by atoms with van der Waals surface area (Å²) in [6.07, 6.45) is -3.79. The average Bonchev–Trinajstić information content (AvgIpc) is 2.63. The quantitative estimate of drug-likeness (QED) is 0.477. The third kappa shape index (κ3) is 2.84. The summed E-state index contributed by atoms with van der Waals surface area (Å²) >= 11 is 0. The summed E-state index contributed by atoms with van der Waals surface area (Å²) in [7, 11) is 0. The predicted octanol–water partition coefficient (Wildman–Crippen LogP) is 4.07. The third-order valence-corrected chi connectivity index (χ3v) is 4.49. The van der Waals surface area contributed by atoms with Crippen LogP contribution in [0.3, 0.4) is 0 Å². The Bertz CT molecular complexity index is 1030. The second kappa shape index (κ2) is 6.59. The van der Waals surface area contributed by atoms with E-state index in [1.165, 1.54) is 24.3 Å². The SMILES string of the molecule is O=[N+]([O-])C1=CC=CC([N+](=O)[O-])(C(F)(F)F)C1Nc1ccc(F)c2ccccc12. The van der Waals surface area contributed by atoms with E-state index in [4.69, 9.17) is 0 Å². The summed E-state index contributed by atoms with van der Waals surface area (Å²) in [5.74, 6) is -0.661. The summed E-state index contributed by atoms with van der Waals surface area (Å²) in [6, 6.07) is 5.40. The van der Waals surface area contributed by atoms with Crippen molar-refractivity contribution < 1.29 is 27.4 Å². The number of nitrogens with one attached hydrogen (secondary N) is 1. The molecule has 3 rings (SSSR count). The van der Waals surface area contributed by atoms with E-state index in [2.05, 4.69) is 5.32 Å². The molecule has 2 aromatic rings. The molecule has 0 saturated heterocycles. The number of hydrogen-bond acceptors (Lipinski definition) is 5. The Labute approximate surface area is 154 Å². The van der Waals surface area contributed by atoms with Crippen molar-refractivity contribution in [3.05, 3.63) is 86.4 Å². The number of hydrogen-bond donors (Lipinski definition) is 1. The van der Waals surface area contributed by atoms with E-state index in [0.717, 1.165) is 18.2 Å². The van der Waals surface area contributed by atoms with E-state index >= 15 is 0 Å². The maximum Gasteiger partial charge on any atom is 0.467 e. The molecule has 0 bridgehead atoms. The van der Waals surface area contributed by atoms with Crippen molar-refractivity contribution in [3.63, 3.8) is 0 Å². The highest BCUT2D eigenvalue weighted by molar-refractivity contribution is 5.94. The molecule has 146 valence electrons. The molecule has 2 unspecified atom stereocenters. The first-order valence-corrected chi connectivity index (χ1v) is 7.78. The summed E-state index contributed by atoms with van der Waals surface area (Å²) < 4.78 is 55.3. The molecule has 0 aliphatic heterocycles. The van der Waals surface area contributed by atoms with Crippen LogP contribution in [-0.2, 0) is 0 Å². The van der Waals surface area contributed by atoms with Crippen LogP contribution in [0.1, 0.15) is 0 Å². The van der Waals surface area contributed by atoms with Crippen LogP contribution >= 0.6 is 0 Å². The van der Waals surface area contributed by atoms with E-state index in [9.17, 15) is 37.8 Å². The summed E-state index contributed by atoms with van der Waals surface area (Å²) in [5.41, 5.74) is -4.93. The lowest BCUT2D eigenvalue weighted by Gasteiger charge is -2.33. The Balaban J connectivity index is 2.22. The first kappa shape index (κ1) is 19.3. The fraction of sp³-hybridized carbons (Fsp3) is 0.176. The minimum Gasteiger partial charge on any atom is -0.366 e. The van der Waals surface area contributed by atoms with Crippen LogP contribution in [0.2, 0.25) is 0 Å². The molecule has 7 nitrogen and oxygen atoms in total. The topological polar surface area (TPSA) is 98.3 Å². The van der Waals surface area contributed by atoms with Crippen LogP contribution in [0.25, 0.3) is 10.8 Å². The van der Waals surface area contributed by atoms with Gasteiger partial charge in [0.1, 0.15) is 5.82 Å². The molecule has 2 atom stereocenters. The number of alkyl halides is 3. The van der Waals surface area contributed by atoms with Crippen molar-refractivity contribution in [2.24, 2.45) is 0 Å². The Morgan fingerprint density at radius 3 is 2.25 bits per heavy atom. The molecule has 0 aromatic heterocycles. The Hall–Kier alpha value is -3.50. The van der Waals surface area contributed by atoms with Crippen molar-refractivity contribution in [1.29, 1.82) is 0 Å². The fourth-order valence-electron chi connectivity index (χ4n) is 3.13. The van der Waals surface area contributed by atoms with Gasteiger partial charge in [-0.3, -0.25) is 20.2 Å². The zero-order chi connectivity index (χ0) is 20.7. The molecule has 1 aliphatic rings. The molecule has 0 spiro atoms. The molecule has 0 fully saturated rings. The molecular weight excluding hydrogens is 386 g/mol. The number of rotatable bonds is 4. The van der Waals surface area contributed by atoms with Crippen molar-refractivity contribution in [2.45, 2.75) is 17.8 Å². The Kier molecular flexibility index (Phi) is 4.53. The number of fused-ring (bicyclic) bond motifs is 1. The van der Waals surface area contributed by atoms with Crippen molar-refractivity contribution in [3.8, 4) is 0 Å². The van der Waals surface area contributed by atoms with E-state index < -0.39 is 39.1 Å². The van der Waals surface area contributed by atoms with Crippen LogP contribution in [0.15, 0.2) is 60.3 Å². The summed E-state index contributed by atoms with van der Waals surface area (Å²) in [4.78, 5) is 20.1. The van der Waals surface area contributed by atoms with E-state index in [0.29, 0.717) is 6.08 Å². The molecule has 28 heavy (non-hydrogen) atoms. The van der Waals surface area contributed by atoms with Crippen LogP contribution in [0.4, 0.5) is 23.2 Å². The van der Waals surface area contributed by atoms with E-state index in [-0.39, 0.29) is 22.5 Å². The molecular formula is C17H11F4N3O4. The minimum atomic E-state index is -5.45. The van der Waals surface area contributed by atoms with Gasteiger partial charge in [0.05, 0.1) is 4.92 Å². The lowest BCUT2D eigenvalue weighted by atomic mass is 9.83. The van der Waals surface area contributed by atoms with Gasteiger partial charge in [0.2, 0.25) is 6.04 Å². The number of nitrogens with zero attached hydrogens (tertiary/aromatic N) is 2.